The van der Waals surface area contributed by atoms with Gasteiger partial charge in [0.25, 0.3) is 5.91 Å². The Morgan fingerprint density at radius 3 is 2.42 bits per heavy atom. The van der Waals surface area contributed by atoms with Crippen LogP contribution in [0, 0.1) is 24.1 Å². The number of aliphatic hydroxyl groups excluding tert-OH is 1. The zero-order valence-corrected chi connectivity index (χ0v) is 46.7. The lowest BCUT2D eigenvalue weighted by Crippen LogP contribution is -2.50. The smallest absolute Gasteiger partial charge is 0.256 e. The van der Waals surface area contributed by atoms with Crippen LogP contribution in [0.5, 0.6) is 5.75 Å². The Morgan fingerprint density at radius 1 is 0.962 bits per heavy atom. The normalized spacial score (nSPS) is 15.4. The van der Waals surface area contributed by atoms with Crippen LogP contribution in [0.4, 0.5) is 33.2 Å². The number of aromatic nitrogens is 4. The summed E-state index contributed by atoms with van der Waals surface area (Å²) in [7, 11) is 4.57. The van der Waals surface area contributed by atoms with Crippen molar-refractivity contribution in [3.8, 4) is 16.2 Å². The number of benzene rings is 3. The molecule has 3 aromatic carbocycles. The van der Waals surface area contributed by atoms with Gasteiger partial charge in [-0.1, -0.05) is 70.4 Å². The molecule has 3 aromatic heterocycles. The Balaban J connectivity index is 0.777. The van der Waals surface area contributed by atoms with Crippen molar-refractivity contribution in [2.45, 2.75) is 111 Å². The van der Waals surface area contributed by atoms with Gasteiger partial charge in [0.05, 0.1) is 58.2 Å². The highest BCUT2D eigenvalue weighted by Gasteiger charge is 2.44. The largest absolute Gasteiger partial charge is 0.495 e. The lowest BCUT2D eigenvalue weighted by molar-refractivity contribution is -0.146. The van der Waals surface area contributed by atoms with Crippen molar-refractivity contribution in [3.05, 3.63) is 101 Å². The number of ketones is 1. The first kappa shape index (κ1) is 57.4. The number of amides is 5. The number of carbonyl (C=O) groups excluding carboxylic acids is 6. The molecule has 1 saturated heterocycles. The van der Waals surface area contributed by atoms with E-state index in [0.717, 1.165) is 46.5 Å². The van der Waals surface area contributed by atoms with Gasteiger partial charge in [-0.2, -0.15) is 9.97 Å². The van der Waals surface area contributed by atoms with Gasteiger partial charge in [0, 0.05) is 77.2 Å². The fourth-order valence-electron chi connectivity index (χ4n) is 10.2. The van der Waals surface area contributed by atoms with E-state index in [1.165, 1.54) is 36.1 Å². The summed E-state index contributed by atoms with van der Waals surface area (Å²) in [4.78, 5) is 103. The van der Waals surface area contributed by atoms with Gasteiger partial charge in [-0.05, 0) is 78.6 Å². The number of rotatable bonds is 23. The maximum Gasteiger partial charge on any atom is 0.256 e. The third kappa shape index (κ3) is 13.7. The highest BCUT2D eigenvalue weighted by molar-refractivity contribution is 7.13. The second-order valence-electron chi connectivity index (χ2n) is 21.4. The molecule has 3 atom stereocenters. The van der Waals surface area contributed by atoms with Gasteiger partial charge in [-0.15, -0.1) is 11.3 Å². The number of nitrogens with zero attached hydrogens (tertiary/aromatic N) is 6. The number of H-pyrrole nitrogens is 1. The van der Waals surface area contributed by atoms with Crippen molar-refractivity contribution >= 4 is 86.5 Å². The number of hydrogen-bond donors (Lipinski definition) is 6. The molecule has 6 N–H and O–H groups in total. The molecule has 418 valence electrons. The SMILES string of the molecule is CNC(=O)c1c(F)cccc1Nc1nc(Nc2cc3c(cc2OC)CCN3C(=O)CN(C)C(=O)CCCCCCCC(=O)C[C@H](C(=O)N2C[C@H](O)C[C@H]2C(=O)NCc2ccc(-c3scnc3C)cc2)C(C)(C)C)nc2[nH]ccc12. The number of carbonyl (C=O) groups is 6. The molecule has 0 radical (unpaired) electrons. The number of Topliss-reactive ketones (excluding diaryl/α,β-unsaturated/α-hetero) is 1. The molecule has 2 aliphatic heterocycles. The number of likely N-dealkylation sites (tertiary alicyclic amines) is 1. The third-order valence-corrected chi connectivity index (χ3v) is 15.7. The Kier molecular flexibility index (Phi) is 18.4. The number of fused-ring (bicyclic) bond motifs is 2. The zero-order valence-electron chi connectivity index (χ0n) is 45.8. The molecule has 5 amide bonds. The lowest BCUT2D eigenvalue weighted by atomic mass is 9.76. The summed E-state index contributed by atoms with van der Waals surface area (Å²) in [5.74, 6) is -2.13. The lowest BCUT2D eigenvalue weighted by Gasteiger charge is -2.34. The minimum absolute atomic E-state index is 0.0242. The van der Waals surface area contributed by atoms with Gasteiger partial charge in [0.15, 0.2) is 0 Å². The quantitative estimate of drug-likeness (QED) is 0.0331. The number of aromatic amines is 1. The van der Waals surface area contributed by atoms with E-state index in [4.69, 9.17) is 4.74 Å². The molecular weight excluding hydrogens is 1030 g/mol. The molecule has 79 heavy (non-hydrogen) atoms. The van der Waals surface area contributed by atoms with E-state index < -0.39 is 35.2 Å². The Hall–Kier alpha value is -7.78. The molecule has 0 bridgehead atoms. The molecule has 21 heteroatoms. The first-order valence-corrected chi connectivity index (χ1v) is 27.6. The van der Waals surface area contributed by atoms with Gasteiger partial charge < -0.3 is 50.8 Å². The van der Waals surface area contributed by atoms with Gasteiger partial charge in [-0.25, -0.2) is 9.37 Å². The molecular formula is C58H70FN11O8S. The van der Waals surface area contributed by atoms with E-state index in [-0.39, 0.29) is 85.5 Å². The summed E-state index contributed by atoms with van der Waals surface area (Å²) in [5.41, 5.74) is 6.65. The predicted octanol–water partition coefficient (Wildman–Crippen LogP) is 8.36. The van der Waals surface area contributed by atoms with Crippen LogP contribution >= 0.6 is 11.3 Å². The van der Waals surface area contributed by atoms with Crippen LogP contribution in [0.2, 0.25) is 0 Å². The van der Waals surface area contributed by atoms with E-state index in [1.807, 2.05) is 63.5 Å². The van der Waals surface area contributed by atoms with Crippen molar-refractivity contribution in [2.24, 2.45) is 11.3 Å². The topological polar surface area (TPSA) is 244 Å². The van der Waals surface area contributed by atoms with E-state index >= 15 is 0 Å². The van der Waals surface area contributed by atoms with Gasteiger partial charge >= 0.3 is 0 Å². The fraction of sp³-hybridized carbons (Fsp3) is 0.431. The van der Waals surface area contributed by atoms with E-state index in [1.54, 1.807) is 47.7 Å². The van der Waals surface area contributed by atoms with Crippen LogP contribution < -0.4 is 30.9 Å². The van der Waals surface area contributed by atoms with Gasteiger partial charge in [0.1, 0.15) is 34.9 Å². The number of hydrogen-bond acceptors (Lipinski definition) is 14. The Morgan fingerprint density at radius 2 is 1.71 bits per heavy atom. The molecule has 0 saturated carbocycles. The summed E-state index contributed by atoms with van der Waals surface area (Å²) < 4.78 is 20.6. The maximum atomic E-state index is 14.9. The van der Waals surface area contributed by atoms with Crippen molar-refractivity contribution in [2.75, 3.05) is 56.4 Å². The minimum atomic E-state index is -0.852. The second kappa shape index (κ2) is 25.3. The number of halogens is 1. The average molecular weight is 1100 g/mol. The zero-order chi connectivity index (χ0) is 56.5. The average Bonchev–Trinajstić information content (AvgIpc) is 4.26. The van der Waals surface area contributed by atoms with Gasteiger partial charge in [0.2, 0.25) is 29.6 Å². The van der Waals surface area contributed by atoms with E-state index in [2.05, 4.69) is 41.2 Å². The highest BCUT2D eigenvalue weighted by Crippen LogP contribution is 2.40. The number of aliphatic hydroxyl groups is 1. The number of β-amino-alcohol motifs (C(OH)–C–C–N with tert-alkyl or cyclic N) is 1. The summed E-state index contributed by atoms with van der Waals surface area (Å²) >= 11 is 1.57. The summed E-state index contributed by atoms with van der Waals surface area (Å²) in [5, 5.41) is 23.0. The number of ether oxygens (including phenoxy) is 1. The molecule has 0 spiro atoms. The third-order valence-electron chi connectivity index (χ3n) is 14.7. The first-order valence-electron chi connectivity index (χ1n) is 26.8. The summed E-state index contributed by atoms with van der Waals surface area (Å²) in [6.07, 6.45) is 5.73. The molecule has 1 fully saturated rings. The highest BCUT2D eigenvalue weighted by atomic mass is 32.1. The molecule has 8 rings (SSSR count). The molecule has 5 heterocycles. The van der Waals surface area contributed by atoms with Gasteiger partial charge in [-0.3, -0.25) is 28.8 Å². The number of unbranched alkanes of at least 4 members (excludes halogenated alkanes) is 4. The number of nitrogens with one attached hydrogen (secondary N) is 5. The molecule has 0 aliphatic carbocycles. The Bertz CT molecular complexity index is 3210. The van der Waals surface area contributed by atoms with E-state index in [9.17, 15) is 38.3 Å². The second-order valence-corrected chi connectivity index (χ2v) is 22.2. The summed E-state index contributed by atoms with van der Waals surface area (Å²) in [6.45, 7) is 8.29. The molecule has 0 unspecified atom stereocenters. The molecule has 6 aromatic rings. The van der Waals surface area contributed by atoms with Crippen LogP contribution in [0.15, 0.2) is 72.4 Å². The van der Waals surface area contributed by atoms with Crippen molar-refractivity contribution in [1.29, 1.82) is 0 Å². The van der Waals surface area contributed by atoms with Crippen LogP contribution in [-0.4, -0.2) is 123 Å². The molecule has 19 nitrogen and oxygen atoms in total. The van der Waals surface area contributed by atoms with Crippen LogP contribution in [0.3, 0.4) is 0 Å². The number of methoxy groups -OCH3 is 1. The van der Waals surface area contributed by atoms with Crippen molar-refractivity contribution < 1.29 is 43.0 Å². The minimum Gasteiger partial charge on any atom is -0.495 e. The van der Waals surface area contributed by atoms with Crippen LogP contribution in [0.25, 0.3) is 21.5 Å². The molecule has 2 aliphatic rings. The van der Waals surface area contributed by atoms with Crippen LogP contribution in [-0.2, 0) is 36.9 Å². The van der Waals surface area contributed by atoms with Crippen molar-refractivity contribution in [1.82, 2.24) is 40.4 Å². The monoisotopic (exact) mass is 1100 g/mol. The number of aryl methyl sites for hydroxylation is 1. The summed E-state index contributed by atoms with van der Waals surface area (Å²) in [6, 6.07) is 16.7. The fourth-order valence-corrected chi connectivity index (χ4v) is 11.0. The van der Waals surface area contributed by atoms with E-state index in [0.29, 0.717) is 66.2 Å². The Labute approximate surface area is 463 Å². The number of likely N-dealkylation sites (N-methyl/N-ethyl adjacent to an activating group) is 1. The number of anilines is 5. The maximum absolute atomic E-state index is 14.9. The standard InChI is InChI=1S/C58H70FN11O8S/c1-34-51(79-33-63-34)36-20-18-35(19-21-36)30-62-54(75)46-28-39(72)31-70(46)56(77)41(58(2,3)4)27-38(71)14-11-9-8-10-12-17-48(73)68(6)32-49(74)69-25-23-37-26-47(78-7)44(29-45(37)69)65-57-66-52-40(22-24-61-52)53(67-57)64-43-16-13-15-42(59)50(43)55(76)60-5/h13,15-16,18-22,24,26,29,33,39,41,46,72H,8-12,14,17,23,25,27-28,30-32H2,1-7H3,(H,60,76)(H,62,75)(H3,61,64,65,66,67)/t39-,41-,46+/m1/s1. The van der Waals surface area contributed by atoms with Crippen molar-refractivity contribution in [3.63, 3.8) is 0 Å². The van der Waals surface area contributed by atoms with Crippen LogP contribution in [0.1, 0.15) is 106 Å². The first-order chi connectivity index (χ1) is 37.8. The predicted molar refractivity (Wildman–Crippen MR) is 302 cm³/mol. The number of thiazole rings is 1.